The largest absolute Gasteiger partial charge is 0.493 e. The minimum Gasteiger partial charge on any atom is -0.493 e. The smallest absolute Gasteiger partial charge is 0.203 e. The Hall–Kier alpha value is -2.94. The SMILES string of the molecule is COc1ccc(-c2ccnc(N)c2C#N)c(OC)c1OC. The van der Waals surface area contributed by atoms with E-state index in [0.717, 1.165) is 0 Å². The molecule has 0 aliphatic carbocycles. The molecule has 108 valence electrons. The number of benzene rings is 1. The zero-order chi connectivity index (χ0) is 15.4. The molecular weight excluding hydrogens is 270 g/mol. The Morgan fingerprint density at radius 3 is 2.29 bits per heavy atom. The van der Waals surface area contributed by atoms with Gasteiger partial charge in [0.25, 0.3) is 0 Å². The number of methoxy groups -OCH3 is 3. The van der Waals surface area contributed by atoms with E-state index in [1.165, 1.54) is 14.2 Å². The van der Waals surface area contributed by atoms with Crippen molar-refractivity contribution in [3.05, 3.63) is 30.0 Å². The van der Waals surface area contributed by atoms with E-state index in [9.17, 15) is 5.26 Å². The number of rotatable bonds is 4. The Labute approximate surface area is 122 Å². The summed E-state index contributed by atoms with van der Waals surface area (Å²) in [5, 5.41) is 9.28. The Bertz CT molecular complexity index is 708. The number of nitrogens with two attached hydrogens (primary N) is 1. The number of nitriles is 1. The van der Waals surface area contributed by atoms with Crippen LogP contribution in [0.1, 0.15) is 5.56 Å². The third kappa shape index (κ3) is 2.41. The molecule has 0 aliphatic rings. The van der Waals surface area contributed by atoms with Crippen LogP contribution in [0.15, 0.2) is 24.4 Å². The van der Waals surface area contributed by atoms with Crippen molar-refractivity contribution in [1.29, 1.82) is 5.26 Å². The van der Waals surface area contributed by atoms with E-state index in [4.69, 9.17) is 19.9 Å². The van der Waals surface area contributed by atoms with Gasteiger partial charge in [-0.1, -0.05) is 0 Å². The summed E-state index contributed by atoms with van der Waals surface area (Å²) in [6.07, 6.45) is 1.54. The summed E-state index contributed by atoms with van der Waals surface area (Å²) < 4.78 is 16.0. The van der Waals surface area contributed by atoms with E-state index in [1.807, 2.05) is 0 Å². The fourth-order valence-corrected chi connectivity index (χ4v) is 2.13. The first-order chi connectivity index (χ1) is 10.2. The molecule has 0 aliphatic heterocycles. The molecule has 1 aromatic carbocycles. The Balaban J connectivity index is 2.77. The van der Waals surface area contributed by atoms with E-state index in [1.54, 1.807) is 31.5 Å². The van der Waals surface area contributed by atoms with Gasteiger partial charge < -0.3 is 19.9 Å². The highest BCUT2D eigenvalue weighted by Crippen LogP contribution is 2.45. The minimum absolute atomic E-state index is 0.173. The maximum Gasteiger partial charge on any atom is 0.203 e. The number of anilines is 1. The summed E-state index contributed by atoms with van der Waals surface area (Å²) in [5.74, 6) is 1.64. The van der Waals surface area contributed by atoms with E-state index in [0.29, 0.717) is 33.9 Å². The molecule has 0 unspecified atom stereocenters. The van der Waals surface area contributed by atoms with Gasteiger partial charge in [0.15, 0.2) is 11.5 Å². The van der Waals surface area contributed by atoms with Crippen LogP contribution in [-0.4, -0.2) is 26.3 Å². The van der Waals surface area contributed by atoms with Crippen LogP contribution in [-0.2, 0) is 0 Å². The number of nitrogen functional groups attached to an aromatic ring is 1. The molecule has 2 aromatic rings. The standard InChI is InChI=1S/C15H15N3O3/c1-19-12-5-4-10(13(20-2)14(12)21-3)9-6-7-18-15(17)11(9)8-16/h4-7H,1-3H3,(H2,17,18). The summed E-state index contributed by atoms with van der Waals surface area (Å²) in [6.45, 7) is 0. The Morgan fingerprint density at radius 2 is 1.71 bits per heavy atom. The van der Waals surface area contributed by atoms with E-state index < -0.39 is 0 Å². The molecule has 6 nitrogen and oxygen atoms in total. The average Bonchev–Trinajstić information content (AvgIpc) is 2.52. The number of hydrogen-bond acceptors (Lipinski definition) is 6. The summed E-state index contributed by atoms with van der Waals surface area (Å²) in [7, 11) is 4.59. The van der Waals surface area contributed by atoms with Gasteiger partial charge in [0.05, 0.1) is 21.3 Å². The lowest BCUT2D eigenvalue weighted by Crippen LogP contribution is -2.00. The fourth-order valence-electron chi connectivity index (χ4n) is 2.13. The molecule has 0 saturated carbocycles. The van der Waals surface area contributed by atoms with Crippen LogP contribution < -0.4 is 19.9 Å². The van der Waals surface area contributed by atoms with Crippen LogP contribution in [0.25, 0.3) is 11.1 Å². The molecule has 21 heavy (non-hydrogen) atoms. The fraction of sp³-hybridized carbons (Fsp3) is 0.200. The van der Waals surface area contributed by atoms with Crippen molar-refractivity contribution in [2.75, 3.05) is 27.1 Å². The summed E-state index contributed by atoms with van der Waals surface area (Å²) >= 11 is 0. The molecule has 0 amide bonds. The first kappa shape index (κ1) is 14.5. The Morgan fingerprint density at radius 1 is 1.00 bits per heavy atom. The van der Waals surface area contributed by atoms with Crippen molar-refractivity contribution < 1.29 is 14.2 Å². The third-order valence-electron chi connectivity index (χ3n) is 3.09. The van der Waals surface area contributed by atoms with Crippen LogP contribution >= 0.6 is 0 Å². The lowest BCUT2D eigenvalue weighted by atomic mass is 10.00. The molecule has 1 aromatic heterocycles. The molecule has 0 saturated heterocycles. The second-order valence-corrected chi connectivity index (χ2v) is 4.11. The highest BCUT2D eigenvalue weighted by molar-refractivity contribution is 5.82. The molecule has 0 bridgehead atoms. The number of hydrogen-bond donors (Lipinski definition) is 1. The van der Waals surface area contributed by atoms with Gasteiger partial charge in [-0.3, -0.25) is 0 Å². The second kappa shape index (κ2) is 6.01. The number of nitrogens with zero attached hydrogens (tertiary/aromatic N) is 2. The van der Waals surface area contributed by atoms with Crippen molar-refractivity contribution in [2.45, 2.75) is 0 Å². The summed E-state index contributed by atoms with van der Waals surface area (Å²) in [6, 6.07) is 7.30. The van der Waals surface area contributed by atoms with Gasteiger partial charge in [-0.2, -0.15) is 5.26 Å². The minimum atomic E-state index is 0.173. The van der Waals surface area contributed by atoms with Crippen LogP contribution in [0.4, 0.5) is 5.82 Å². The third-order valence-corrected chi connectivity index (χ3v) is 3.09. The molecule has 6 heteroatoms. The maximum atomic E-state index is 9.28. The van der Waals surface area contributed by atoms with Crippen molar-refractivity contribution >= 4 is 5.82 Å². The molecule has 0 fully saturated rings. The summed E-state index contributed by atoms with van der Waals surface area (Å²) in [4.78, 5) is 3.93. The zero-order valence-electron chi connectivity index (χ0n) is 12.0. The average molecular weight is 285 g/mol. The first-order valence-electron chi connectivity index (χ1n) is 6.11. The van der Waals surface area contributed by atoms with Gasteiger partial charge in [-0.15, -0.1) is 0 Å². The van der Waals surface area contributed by atoms with Crippen LogP contribution in [0.3, 0.4) is 0 Å². The monoisotopic (exact) mass is 285 g/mol. The summed E-state index contributed by atoms with van der Waals surface area (Å²) in [5.41, 5.74) is 7.36. The predicted molar refractivity (Wildman–Crippen MR) is 78.5 cm³/mol. The Kier molecular flexibility index (Phi) is 4.14. The molecule has 1 heterocycles. The lowest BCUT2D eigenvalue weighted by Gasteiger charge is -2.16. The topological polar surface area (TPSA) is 90.4 Å². The van der Waals surface area contributed by atoms with E-state index in [-0.39, 0.29) is 5.82 Å². The van der Waals surface area contributed by atoms with Crippen molar-refractivity contribution in [2.24, 2.45) is 0 Å². The highest BCUT2D eigenvalue weighted by atomic mass is 16.5. The number of ether oxygens (including phenoxy) is 3. The van der Waals surface area contributed by atoms with Gasteiger partial charge >= 0.3 is 0 Å². The first-order valence-corrected chi connectivity index (χ1v) is 6.11. The number of pyridine rings is 1. The van der Waals surface area contributed by atoms with E-state index >= 15 is 0 Å². The van der Waals surface area contributed by atoms with E-state index in [2.05, 4.69) is 11.1 Å². The second-order valence-electron chi connectivity index (χ2n) is 4.11. The molecule has 0 radical (unpaired) electrons. The van der Waals surface area contributed by atoms with Crippen molar-refractivity contribution in [3.63, 3.8) is 0 Å². The van der Waals surface area contributed by atoms with Gasteiger partial charge in [0.1, 0.15) is 17.5 Å². The molecular formula is C15H15N3O3. The lowest BCUT2D eigenvalue weighted by molar-refractivity contribution is 0.325. The van der Waals surface area contributed by atoms with Crippen LogP contribution in [0, 0.1) is 11.3 Å². The van der Waals surface area contributed by atoms with Crippen LogP contribution in [0.5, 0.6) is 17.2 Å². The van der Waals surface area contributed by atoms with Gasteiger partial charge in [-0.05, 0) is 18.2 Å². The highest BCUT2D eigenvalue weighted by Gasteiger charge is 2.20. The normalized spacial score (nSPS) is 9.81. The van der Waals surface area contributed by atoms with Crippen LogP contribution in [0.2, 0.25) is 0 Å². The molecule has 2 N–H and O–H groups in total. The van der Waals surface area contributed by atoms with Gasteiger partial charge in [-0.25, -0.2) is 4.98 Å². The van der Waals surface area contributed by atoms with Gasteiger partial charge in [0.2, 0.25) is 5.75 Å². The number of aromatic nitrogens is 1. The van der Waals surface area contributed by atoms with Crippen molar-refractivity contribution in [1.82, 2.24) is 4.98 Å². The quantitative estimate of drug-likeness (QED) is 0.926. The van der Waals surface area contributed by atoms with Crippen molar-refractivity contribution in [3.8, 4) is 34.4 Å². The molecule has 0 atom stereocenters. The molecule has 0 spiro atoms. The maximum absolute atomic E-state index is 9.28. The predicted octanol–water partition coefficient (Wildman–Crippen LogP) is 2.23. The van der Waals surface area contributed by atoms with Gasteiger partial charge in [0, 0.05) is 17.3 Å². The molecule has 2 rings (SSSR count). The zero-order valence-corrected chi connectivity index (χ0v) is 12.0.